The van der Waals surface area contributed by atoms with E-state index in [1.54, 1.807) is 6.92 Å². The molecule has 32 heavy (non-hydrogen) atoms. The number of carbonyl (C=O) groups excluding carboxylic acids is 1. The van der Waals surface area contributed by atoms with E-state index in [-0.39, 0.29) is 30.9 Å². The number of ether oxygens (including phenoxy) is 1. The standard InChI is InChI=1S/C9H7ClF3NO2.C7H3ClF3NO2.Li.H2O/c1-2-16-8(15)7-3-5(9(11,12)13)6(10)4-14-7;8-4-2-12-5(6(13)14)1-3(4)7(9,10)11;;/h3-4H,2H2,1H3;1-2H,(H,13,14);;1H2/q;;+1;/p-1. The number of aromatic nitrogens is 2. The minimum absolute atomic E-state index is 0. The first kappa shape index (κ1) is 32.1. The molecule has 0 atom stereocenters. The monoisotopic (exact) mass is 502 g/mol. The van der Waals surface area contributed by atoms with Gasteiger partial charge in [0.05, 0.1) is 27.8 Å². The first-order valence-corrected chi connectivity index (χ1v) is 8.30. The van der Waals surface area contributed by atoms with Crippen molar-refractivity contribution in [2.24, 2.45) is 0 Å². The zero-order valence-electron chi connectivity index (χ0n) is 16.1. The van der Waals surface area contributed by atoms with E-state index in [4.69, 9.17) is 28.3 Å². The molecular formula is C16H11Cl2F6LiN2O5. The summed E-state index contributed by atoms with van der Waals surface area (Å²) in [6, 6.07) is 0.963. The SMILES string of the molecule is CCOC(=O)c1cc(C(F)(F)F)c(Cl)cn1.O=C(O)c1cc(C(F)(F)F)c(Cl)cn1.[Li+].[OH-]. The molecular weight excluding hydrogens is 492 g/mol. The maximum absolute atomic E-state index is 12.4. The Kier molecular flexibility index (Phi) is 12.9. The second kappa shape index (κ2) is 12.9. The molecule has 0 unspecified atom stereocenters. The van der Waals surface area contributed by atoms with Crippen LogP contribution in [0.1, 0.15) is 39.0 Å². The summed E-state index contributed by atoms with van der Waals surface area (Å²) in [4.78, 5) is 28.1. The van der Waals surface area contributed by atoms with Crippen molar-refractivity contribution in [2.75, 3.05) is 6.61 Å². The van der Waals surface area contributed by atoms with Gasteiger partial charge in [-0.05, 0) is 19.1 Å². The van der Waals surface area contributed by atoms with Gasteiger partial charge in [0.1, 0.15) is 11.4 Å². The summed E-state index contributed by atoms with van der Waals surface area (Å²) in [7, 11) is 0. The Morgan fingerprint density at radius 2 is 1.31 bits per heavy atom. The number of halogens is 8. The molecule has 0 spiro atoms. The molecule has 0 aliphatic carbocycles. The fourth-order valence-corrected chi connectivity index (χ4v) is 2.17. The van der Waals surface area contributed by atoms with E-state index in [0.29, 0.717) is 18.3 Å². The van der Waals surface area contributed by atoms with Gasteiger partial charge in [0.15, 0.2) is 0 Å². The van der Waals surface area contributed by atoms with Crippen molar-refractivity contribution in [3.05, 3.63) is 57.1 Å². The summed E-state index contributed by atoms with van der Waals surface area (Å²) < 4.78 is 78.3. The summed E-state index contributed by atoms with van der Waals surface area (Å²) >= 11 is 10.5. The maximum atomic E-state index is 12.4. The minimum atomic E-state index is -4.68. The second-order valence-corrected chi connectivity index (χ2v) is 5.93. The predicted molar refractivity (Wildman–Crippen MR) is 93.3 cm³/mol. The Balaban J connectivity index is 0. The summed E-state index contributed by atoms with van der Waals surface area (Å²) in [6.07, 6.45) is -7.87. The van der Waals surface area contributed by atoms with E-state index in [1.165, 1.54) is 0 Å². The van der Waals surface area contributed by atoms with Crippen LogP contribution in [0, 0.1) is 0 Å². The molecule has 0 aliphatic heterocycles. The number of hydrogen-bond donors (Lipinski definition) is 1. The van der Waals surface area contributed by atoms with E-state index >= 15 is 0 Å². The maximum Gasteiger partial charge on any atom is 1.00 e. The van der Waals surface area contributed by atoms with Crippen molar-refractivity contribution < 1.29 is 70.1 Å². The third-order valence-electron chi connectivity index (χ3n) is 3.03. The molecule has 16 heteroatoms. The van der Waals surface area contributed by atoms with Crippen molar-refractivity contribution in [1.29, 1.82) is 0 Å². The molecule has 7 nitrogen and oxygen atoms in total. The molecule has 2 aromatic heterocycles. The van der Waals surface area contributed by atoms with Crippen LogP contribution >= 0.6 is 23.2 Å². The molecule has 0 radical (unpaired) electrons. The normalized spacial score (nSPS) is 10.7. The molecule has 2 heterocycles. The van der Waals surface area contributed by atoms with Crippen LogP contribution in [0.2, 0.25) is 10.0 Å². The van der Waals surface area contributed by atoms with E-state index < -0.39 is 56.9 Å². The Hall–Kier alpha value is -2.04. The first-order chi connectivity index (χ1) is 13.7. The molecule has 2 aromatic rings. The van der Waals surface area contributed by atoms with Gasteiger partial charge < -0.3 is 15.3 Å². The number of alkyl halides is 6. The topological polar surface area (TPSA) is 119 Å². The Morgan fingerprint density at radius 1 is 0.938 bits per heavy atom. The van der Waals surface area contributed by atoms with Gasteiger partial charge >= 0.3 is 43.2 Å². The molecule has 0 aromatic carbocycles. The van der Waals surface area contributed by atoms with Crippen molar-refractivity contribution in [3.63, 3.8) is 0 Å². The van der Waals surface area contributed by atoms with Gasteiger partial charge in [-0.15, -0.1) is 0 Å². The number of carboxylic acid groups (broad SMARTS) is 1. The van der Waals surface area contributed by atoms with E-state index in [0.717, 1.165) is 6.20 Å². The smallest absolute Gasteiger partial charge is 0.870 e. The molecule has 172 valence electrons. The first-order valence-electron chi connectivity index (χ1n) is 7.54. The third kappa shape index (κ3) is 9.21. The number of carboxylic acids is 1. The second-order valence-electron chi connectivity index (χ2n) is 5.12. The Morgan fingerprint density at radius 3 is 1.66 bits per heavy atom. The Labute approximate surface area is 198 Å². The molecule has 0 aliphatic rings. The largest absolute Gasteiger partial charge is 1.00 e. The molecule has 0 bridgehead atoms. The van der Waals surface area contributed by atoms with Crippen LogP contribution in [0.3, 0.4) is 0 Å². The molecule has 0 saturated carbocycles. The van der Waals surface area contributed by atoms with Gasteiger partial charge in [-0.25, -0.2) is 19.6 Å². The number of esters is 1. The van der Waals surface area contributed by atoms with Crippen LogP contribution in [-0.4, -0.2) is 39.1 Å². The zero-order valence-corrected chi connectivity index (χ0v) is 17.6. The van der Waals surface area contributed by atoms with Crippen molar-refractivity contribution >= 4 is 35.1 Å². The van der Waals surface area contributed by atoms with Crippen molar-refractivity contribution in [3.8, 4) is 0 Å². The quantitative estimate of drug-likeness (QED) is 0.388. The summed E-state index contributed by atoms with van der Waals surface area (Å²) in [6.45, 7) is 1.60. The fraction of sp³-hybridized carbons (Fsp3) is 0.250. The molecule has 0 fully saturated rings. The summed E-state index contributed by atoms with van der Waals surface area (Å²) in [5.41, 5.74) is -3.42. The van der Waals surface area contributed by atoms with Crippen LogP contribution < -0.4 is 18.9 Å². The van der Waals surface area contributed by atoms with Gasteiger partial charge in [-0.2, -0.15) is 26.3 Å². The van der Waals surface area contributed by atoms with Gasteiger partial charge in [-0.3, -0.25) is 0 Å². The molecule has 0 saturated heterocycles. The average Bonchev–Trinajstić information content (AvgIpc) is 2.61. The number of hydrogen-bond acceptors (Lipinski definition) is 6. The molecule has 2 N–H and O–H groups in total. The van der Waals surface area contributed by atoms with Crippen LogP contribution in [0.25, 0.3) is 0 Å². The summed E-state index contributed by atoms with van der Waals surface area (Å²) in [5.74, 6) is -2.45. The van der Waals surface area contributed by atoms with Crippen LogP contribution in [0.5, 0.6) is 0 Å². The van der Waals surface area contributed by atoms with Crippen LogP contribution in [0.15, 0.2) is 24.5 Å². The van der Waals surface area contributed by atoms with Gasteiger partial charge in [-0.1, -0.05) is 23.2 Å². The minimum Gasteiger partial charge on any atom is -0.870 e. The number of nitrogens with zero attached hydrogens (tertiary/aromatic N) is 2. The third-order valence-corrected chi connectivity index (χ3v) is 3.63. The van der Waals surface area contributed by atoms with E-state index in [1.807, 2.05) is 0 Å². The van der Waals surface area contributed by atoms with Gasteiger partial charge in [0.2, 0.25) is 0 Å². The van der Waals surface area contributed by atoms with Crippen LogP contribution in [-0.2, 0) is 17.1 Å². The average molecular weight is 503 g/mol. The van der Waals surface area contributed by atoms with Gasteiger partial charge in [0.25, 0.3) is 0 Å². The number of aromatic carboxylic acids is 1. The Bertz CT molecular complexity index is 944. The van der Waals surface area contributed by atoms with Crippen molar-refractivity contribution in [1.82, 2.24) is 9.97 Å². The zero-order chi connectivity index (χ0) is 23.3. The number of rotatable bonds is 3. The molecule has 0 amide bonds. The fourth-order valence-electron chi connectivity index (χ4n) is 1.75. The van der Waals surface area contributed by atoms with Crippen molar-refractivity contribution in [2.45, 2.75) is 19.3 Å². The van der Waals surface area contributed by atoms with Gasteiger partial charge in [0, 0.05) is 12.4 Å². The number of carbonyl (C=O) groups is 2. The van der Waals surface area contributed by atoms with E-state index in [2.05, 4.69) is 14.7 Å². The van der Waals surface area contributed by atoms with Crippen LogP contribution in [0.4, 0.5) is 26.3 Å². The summed E-state index contributed by atoms with van der Waals surface area (Å²) in [5, 5.41) is 7.22. The molecule has 2 rings (SSSR count). The van der Waals surface area contributed by atoms with E-state index in [9.17, 15) is 35.9 Å². The predicted octanol–water partition coefficient (Wildman–Crippen LogP) is 2.21. The number of pyridine rings is 2.